The van der Waals surface area contributed by atoms with Crippen LogP contribution >= 0.6 is 0 Å². The minimum atomic E-state index is -4.25. The van der Waals surface area contributed by atoms with Crippen molar-refractivity contribution in [2.75, 3.05) is 0 Å². The zero-order valence-corrected chi connectivity index (χ0v) is 10.3. The summed E-state index contributed by atoms with van der Waals surface area (Å²) in [5, 5.41) is 0. The Morgan fingerprint density at radius 2 is 1.84 bits per heavy atom. The van der Waals surface area contributed by atoms with Gasteiger partial charge in [-0.25, -0.2) is 8.78 Å². The van der Waals surface area contributed by atoms with Crippen molar-refractivity contribution >= 4 is 0 Å². The van der Waals surface area contributed by atoms with Crippen molar-refractivity contribution in [1.29, 1.82) is 0 Å². The van der Waals surface area contributed by atoms with Crippen LogP contribution in [-0.2, 0) is 0 Å². The van der Waals surface area contributed by atoms with E-state index in [0.29, 0.717) is 6.07 Å². The number of benzene rings is 1. The van der Waals surface area contributed by atoms with Gasteiger partial charge in [0, 0.05) is 24.1 Å². The Hall–Kier alpha value is -1.21. The molecule has 0 fully saturated rings. The fourth-order valence-electron chi connectivity index (χ4n) is 1.78. The van der Waals surface area contributed by atoms with E-state index in [4.69, 9.17) is 5.84 Å². The van der Waals surface area contributed by atoms with Crippen LogP contribution in [0.2, 0.25) is 0 Å². The first kappa shape index (κ1) is 15.8. The van der Waals surface area contributed by atoms with Crippen LogP contribution in [0.5, 0.6) is 0 Å². The fraction of sp³-hybridized carbons (Fsp3) is 0.500. The van der Waals surface area contributed by atoms with E-state index in [0.717, 1.165) is 0 Å². The van der Waals surface area contributed by atoms with Gasteiger partial charge in [-0.3, -0.25) is 11.3 Å². The predicted molar refractivity (Wildman–Crippen MR) is 61.1 cm³/mol. The van der Waals surface area contributed by atoms with Crippen LogP contribution in [0, 0.1) is 18.6 Å². The molecule has 108 valence electrons. The number of hydrogen-bond donors (Lipinski definition) is 2. The van der Waals surface area contributed by atoms with Crippen LogP contribution < -0.4 is 11.3 Å². The summed E-state index contributed by atoms with van der Waals surface area (Å²) in [6.45, 7) is 1.45. The van der Waals surface area contributed by atoms with Crippen molar-refractivity contribution in [3.05, 3.63) is 34.9 Å². The van der Waals surface area contributed by atoms with Gasteiger partial charge in [0.25, 0.3) is 0 Å². The molecule has 0 amide bonds. The standard InChI is InChI=1S/C12H15F5N2/c1-7-5-8(10(14)6-9(7)13)11(19-18)3-2-4-12(15,16)17/h5-6,11,19H,2-4,18H2,1H3. The van der Waals surface area contributed by atoms with Crippen LogP contribution in [-0.4, -0.2) is 6.18 Å². The third kappa shape index (κ3) is 4.76. The Balaban J connectivity index is 2.77. The first-order valence-corrected chi connectivity index (χ1v) is 5.73. The Labute approximate surface area is 107 Å². The van der Waals surface area contributed by atoms with Gasteiger partial charge < -0.3 is 0 Å². The van der Waals surface area contributed by atoms with Gasteiger partial charge in [0.05, 0.1) is 0 Å². The maximum absolute atomic E-state index is 13.6. The van der Waals surface area contributed by atoms with Crippen molar-refractivity contribution < 1.29 is 22.0 Å². The smallest absolute Gasteiger partial charge is 0.271 e. The Kier molecular flexibility index (Phi) is 5.25. The maximum Gasteiger partial charge on any atom is 0.389 e. The van der Waals surface area contributed by atoms with Crippen LogP contribution in [0.1, 0.15) is 36.4 Å². The lowest BCUT2D eigenvalue weighted by Gasteiger charge is -2.18. The first-order valence-electron chi connectivity index (χ1n) is 5.73. The molecule has 1 aromatic rings. The largest absolute Gasteiger partial charge is 0.389 e. The zero-order valence-electron chi connectivity index (χ0n) is 10.3. The molecule has 1 unspecified atom stereocenters. The molecule has 1 rings (SSSR count). The third-order valence-corrected chi connectivity index (χ3v) is 2.81. The minimum absolute atomic E-state index is 0.0119. The average molecular weight is 282 g/mol. The Bertz CT molecular complexity index is 431. The molecule has 0 saturated carbocycles. The molecule has 0 radical (unpaired) electrons. The highest BCUT2D eigenvalue weighted by Crippen LogP contribution is 2.28. The van der Waals surface area contributed by atoms with Gasteiger partial charge in [-0.15, -0.1) is 0 Å². The molecule has 7 heteroatoms. The molecule has 0 heterocycles. The van der Waals surface area contributed by atoms with Gasteiger partial charge in [0.2, 0.25) is 0 Å². The molecule has 1 atom stereocenters. The molecular weight excluding hydrogens is 267 g/mol. The van der Waals surface area contributed by atoms with E-state index in [2.05, 4.69) is 5.43 Å². The molecule has 1 aromatic carbocycles. The molecular formula is C12H15F5N2. The second kappa shape index (κ2) is 6.29. The van der Waals surface area contributed by atoms with Crippen LogP contribution in [0.15, 0.2) is 12.1 Å². The van der Waals surface area contributed by atoms with Crippen molar-refractivity contribution in [1.82, 2.24) is 5.43 Å². The van der Waals surface area contributed by atoms with Gasteiger partial charge in [-0.05, 0) is 31.4 Å². The Morgan fingerprint density at radius 3 is 2.37 bits per heavy atom. The van der Waals surface area contributed by atoms with Crippen molar-refractivity contribution in [2.24, 2.45) is 5.84 Å². The highest BCUT2D eigenvalue weighted by atomic mass is 19.4. The summed E-state index contributed by atoms with van der Waals surface area (Å²) in [7, 11) is 0. The van der Waals surface area contributed by atoms with Gasteiger partial charge >= 0.3 is 6.18 Å². The molecule has 19 heavy (non-hydrogen) atoms. The van der Waals surface area contributed by atoms with E-state index < -0.39 is 30.3 Å². The maximum atomic E-state index is 13.6. The number of halogens is 5. The summed E-state index contributed by atoms with van der Waals surface area (Å²) >= 11 is 0. The molecule has 0 spiro atoms. The summed E-state index contributed by atoms with van der Waals surface area (Å²) in [5.74, 6) is 3.70. The molecule has 0 bridgehead atoms. The van der Waals surface area contributed by atoms with Gasteiger partial charge in [-0.2, -0.15) is 13.2 Å². The monoisotopic (exact) mass is 282 g/mol. The summed E-state index contributed by atoms with van der Waals surface area (Å²) in [6, 6.07) is 1.18. The third-order valence-electron chi connectivity index (χ3n) is 2.81. The van der Waals surface area contributed by atoms with E-state index in [1.54, 1.807) is 0 Å². The van der Waals surface area contributed by atoms with Crippen LogP contribution in [0.4, 0.5) is 22.0 Å². The van der Waals surface area contributed by atoms with Crippen LogP contribution in [0.25, 0.3) is 0 Å². The molecule has 0 aliphatic carbocycles. The SMILES string of the molecule is Cc1cc(C(CCCC(F)(F)F)NN)c(F)cc1F. The van der Waals surface area contributed by atoms with E-state index >= 15 is 0 Å². The van der Waals surface area contributed by atoms with Crippen molar-refractivity contribution in [3.8, 4) is 0 Å². The lowest BCUT2D eigenvalue weighted by atomic mass is 9.99. The number of nitrogens with two attached hydrogens (primary N) is 1. The highest BCUT2D eigenvalue weighted by Gasteiger charge is 2.27. The van der Waals surface area contributed by atoms with Gasteiger partial charge in [-0.1, -0.05) is 0 Å². The van der Waals surface area contributed by atoms with E-state index in [9.17, 15) is 22.0 Å². The van der Waals surface area contributed by atoms with Crippen LogP contribution in [0.3, 0.4) is 0 Å². The summed E-state index contributed by atoms with van der Waals surface area (Å²) < 4.78 is 62.8. The van der Waals surface area contributed by atoms with Crippen molar-refractivity contribution in [2.45, 2.75) is 38.4 Å². The molecule has 0 aromatic heterocycles. The number of hydrazine groups is 1. The number of alkyl halides is 3. The number of aryl methyl sites for hydroxylation is 1. The van der Waals surface area contributed by atoms with Crippen molar-refractivity contribution in [3.63, 3.8) is 0 Å². The summed E-state index contributed by atoms with van der Waals surface area (Å²) in [6.07, 6.45) is -5.39. The number of hydrogen-bond acceptors (Lipinski definition) is 2. The molecule has 3 N–H and O–H groups in total. The number of nitrogens with one attached hydrogen (secondary N) is 1. The minimum Gasteiger partial charge on any atom is -0.271 e. The van der Waals surface area contributed by atoms with E-state index in [1.807, 2.05) is 0 Å². The highest BCUT2D eigenvalue weighted by molar-refractivity contribution is 5.28. The van der Waals surface area contributed by atoms with Gasteiger partial charge in [0.1, 0.15) is 11.6 Å². The molecule has 2 nitrogen and oxygen atoms in total. The molecule has 0 saturated heterocycles. The average Bonchev–Trinajstić information content (AvgIpc) is 2.29. The molecule has 0 aliphatic heterocycles. The molecule has 0 aliphatic rings. The lowest BCUT2D eigenvalue weighted by molar-refractivity contribution is -0.135. The topological polar surface area (TPSA) is 38.0 Å². The second-order valence-corrected chi connectivity index (χ2v) is 4.35. The number of rotatable bonds is 5. The first-order chi connectivity index (χ1) is 8.74. The Morgan fingerprint density at radius 1 is 1.21 bits per heavy atom. The normalized spacial score (nSPS) is 13.6. The fourth-order valence-corrected chi connectivity index (χ4v) is 1.78. The van der Waals surface area contributed by atoms with E-state index in [-0.39, 0.29) is 24.0 Å². The quantitative estimate of drug-likeness (QED) is 0.493. The zero-order chi connectivity index (χ0) is 14.6. The van der Waals surface area contributed by atoms with Gasteiger partial charge in [0.15, 0.2) is 0 Å². The lowest BCUT2D eigenvalue weighted by Crippen LogP contribution is -2.29. The predicted octanol–water partition coefficient (Wildman–Crippen LogP) is 3.51. The summed E-state index contributed by atoms with van der Waals surface area (Å²) in [5.41, 5.74) is 2.55. The van der Waals surface area contributed by atoms with E-state index in [1.165, 1.54) is 13.0 Å². The summed E-state index contributed by atoms with van der Waals surface area (Å²) in [4.78, 5) is 0. The second-order valence-electron chi connectivity index (χ2n) is 4.35.